The van der Waals surface area contributed by atoms with Crippen LogP contribution in [0.1, 0.15) is 51.5 Å². The largest absolute Gasteiger partial charge is 0.384 e. The number of hydrogen-bond donors (Lipinski definition) is 2. The third-order valence-corrected chi connectivity index (χ3v) is 7.07. The fraction of sp³-hybridized carbons (Fsp3) is 0.360. The summed E-state index contributed by atoms with van der Waals surface area (Å²) in [5.74, 6) is 1.54. The van der Waals surface area contributed by atoms with Gasteiger partial charge in [-0.05, 0) is 53.5 Å². The Morgan fingerprint density at radius 3 is 2.70 bits per heavy atom. The van der Waals surface area contributed by atoms with E-state index in [0.29, 0.717) is 42.2 Å². The number of benzene rings is 1. The number of piperidine rings is 1. The topological polar surface area (TPSA) is 106 Å². The van der Waals surface area contributed by atoms with E-state index in [0.717, 1.165) is 48.1 Å². The summed E-state index contributed by atoms with van der Waals surface area (Å²) in [6.45, 7) is 2.17. The smallest absolute Gasteiger partial charge is 0.254 e. The molecule has 0 bridgehead atoms. The number of nitrogens with two attached hydrogens (primary N) is 1. The van der Waals surface area contributed by atoms with E-state index in [4.69, 9.17) is 5.73 Å². The van der Waals surface area contributed by atoms with Crippen LogP contribution in [0.15, 0.2) is 48.9 Å². The van der Waals surface area contributed by atoms with Crippen LogP contribution in [0.5, 0.6) is 0 Å². The number of carbonyl (C=O) groups is 2. The van der Waals surface area contributed by atoms with Gasteiger partial charge in [0.2, 0.25) is 5.91 Å². The monoisotopic (exact) mass is 442 g/mol. The first kappa shape index (κ1) is 20.0. The molecule has 2 fully saturated rings. The Morgan fingerprint density at radius 2 is 1.94 bits per heavy atom. The molecule has 3 aliphatic rings. The first-order chi connectivity index (χ1) is 16.0. The molecule has 3 heterocycles. The number of amides is 2. The molecule has 3 N–H and O–H groups in total. The van der Waals surface area contributed by atoms with Gasteiger partial charge in [-0.15, -0.1) is 0 Å². The van der Waals surface area contributed by atoms with Gasteiger partial charge < -0.3 is 16.0 Å². The molecule has 0 spiro atoms. The van der Waals surface area contributed by atoms with Crippen molar-refractivity contribution in [3.8, 4) is 0 Å². The van der Waals surface area contributed by atoms with E-state index >= 15 is 0 Å². The zero-order chi connectivity index (χ0) is 22.5. The lowest BCUT2D eigenvalue weighted by molar-refractivity contribution is -0.130. The molecular formula is C25H26N6O2. The molecular weight excluding hydrogens is 416 g/mol. The summed E-state index contributed by atoms with van der Waals surface area (Å²) in [6.07, 6.45) is 7.98. The van der Waals surface area contributed by atoms with Crippen molar-refractivity contribution < 1.29 is 9.59 Å². The number of pyridine rings is 1. The molecule has 2 amide bonds. The van der Waals surface area contributed by atoms with Gasteiger partial charge in [-0.2, -0.15) is 5.10 Å². The molecule has 6 rings (SSSR count). The second-order valence-electron chi connectivity index (χ2n) is 9.44. The fourth-order valence-electron chi connectivity index (χ4n) is 5.12. The molecule has 1 saturated heterocycles. The quantitative estimate of drug-likeness (QED) is 0.609. The minimum Gasteiger partial charge on any atom is -0.384 e. The number of nitrogens with zero attached hydrogens (tertiary/aromatic N) is 4. The summed E-state index contributed by atoms with van der Waals surface area (Å²) in [7, 11) is 0. The minimum absolute atomic E-state index is 0.0536. The average Bonchev–Trinajstić information content (AvgIpc) is 3.10. The zero-order valence-corrected chi connectivity index (χ0v) is 18.3. The third kappa shape index (κ3) is 3.86. The molecule has 33 heavy (non-hydrogen) atoms. The van der Waals surface area contributed by atoms with Gasteiger partial charge in [-0.1, -0.05) is 24.3 Å². The van der Waals surface area contributed by atoms with Gasteiger partial charge >= 0.3 is 0 Å². The van der Waals surface area contributed by atoms with Crippen molar-refractivity contribution in [3.63, 3.8) is 0 Å². The van der Waals surface area contributed by atoms with Crippen LogP contribution in [0, 0.1) is 11.8 Å². The predicted molar refractivity (Wildman–Crippen MR) is 122 cm³/mol. The molecule has 3 atom stereocenters. The lowest BCUT2D eigenvalue weighted by Crippen LogP contribution is -2.27. The Morgan fingerprint density at radius 1 is 1.15 bits per heavy atom. The van der Waals surface area contributed by atoms with Crippen molar-refractivity contribution >= 4 is 17.6 Å². The molecule has 1 saturated carbocycles. The first-order valence-electron chi connectivity index (χ1n) is 11.5. The normalized spacial score (nSPS) is 22.8. The highest BCUT2D eigenvalue weighted by molar-refractivity contribution is 5.94. The third-order valence-electron chi connectivity index (χ3n) is 7.07. The van der Waals surface area contributed by atoms with Gasteiger partial charge in [0.15, 0.2) is 0 Å². The van der Waals surface area contributed by atoms with Crippen LogP contribution in [-0.2, 0) is 24.3 Å². The summed E-state index contributed by atoms with van der Waals surface area (Å²) < 4.78 is 1.77. The number of likely N-dealkylation sites (tertiary alicyclic amines) is 1. The molecule has 8 heteroatoms. The Hall–Kier alpha value is -3.68. The minimum atomic E-state index is -0.141. The number of carbonyl (C=O) groups excluding carboxylic acids is 2. The van der Waals surface area contributed by atoms with Crippen LogP contribution in [0.3, 0.4) is 0 Å². The summed E-state index contributed by atoms with van der Waals surface area (Å²) in [5, 5.41) is 7.47. The molecule has 1 aliphatic heterocycles. The molecule has 3 unspecified atom stereocenters. The van der Waals surface area contributed by atoms with E-state index in [1.54, 1.807) is 23.3 Å². The van der Waals surface area contributed by atoms with E-state index in [2.05, 4.69) is 39.7 Å². The first-order valence-corrected chi connectivity index (χ1v) is 11.5. The Bertz CT molecular complexity index is 1230. The Kier molecular flexibility index (Phi) is 4.67. The molecule has 3 aromatic rings. The highest BCUT2D eigenvalue weighted by atomic mass is 16.2. The Balaban J connectivity index is 1.06. The van der Waals surface area contributed by atoms with E-state index in [1.807, 2.05) is 11.0 Å². The number of nitrogens with one attached hydrogen (secondary N) is 1. The summed E-state index contributed by atoms with van der Waals surface area (Å²) >= 11 is 0. The summed E-state index contributed by atoms with van der Waals surface area (Å²) in [4.78, 5) is 31.1. The maximum absolute atomic E-state index is 12.8. The lowest BCUT2D eigenvalue weighted by Gasteiger charge is -2.18. The average molecular weight is 443 g/mol. The van der Waals surface area contributed by atoms with Gasteiger partial charge in [0, 0.05) is 31.4 Å². The molecule has 2 aromatic heterocycles. The van der Waals surface area contributed by atoms with E-state index in [-0.39, 0.29) is 11.9 Å². The zero-order valence-electron chi connectivity index (χ0n) is 18.3. The van der Waals surface area contributed by atoms with Crippen LogP contribution >= 0.6 is 0 Å². The summed E-state index contributed by atoms with van der Waals surface area (Å²) in [5.41, 5.74) is 10.8. The van der Waals surface area contributed by atoms with Gasteiger partial charge in [-0.3, -0.25) is 14.3 Å². The number of fused-ring (bicyclic) bond motifs is 2. The lowest BCUT2D eigenvalue weighted by atomic mass is 10.1. The summed E-state index contributed by atoms with van der Waals surface area (Å²) in [6, 6.07) is 10.1. The number of nitrogen functional groups attached to an aromatic ring is 1. The van der Waals surface area contributed by atoms with Gasteiger partial charge in [-0.25, -0.2) is 4.98 Å². The van der Waals surface area contributed by atoms with Crippen molar-refractivity contribution in [2.75, 3.05) is 12.3 Å². The Labute approximate surface area is 191 Å². The molecule has 168 valence electrons. The standard InChI is InChI=1S/C25H26N6O2/c26-23-8-20-17(9-27-23)5-6-22(20)29-24(32)19-10-28-31(14-19)12-16-3-1-15(2-4-16)11-30-13-18-7-21(18)25(30)33/h1-4,8-10,14,18,21-22H,5-7,11-13H2,(H2,26,27)(H,29,32). The second-order valence-corrected chi connectivity index (χ2v) is 9.44. The van der Waals surface area contributed by atoms with Crippen LogP contribution in [0.4, 0.5) is 5.82 Å². The maximum Gasteiger partial charge on any atom is 0.254 e. The van der Waals surface area contributed by atoms with Crippen LogP contribution < -0.4 is 11.1 Å². The molecule has 0 radical (unpaired) electrons. The van der Waals surface area contributed by atoms with Gasteiger partial charge in [0.25, 0.3) is 5.91 Å². The number of hydrogen-bond acceptors (Lipinski definition) is 5. The fourth-order valence-corrected chi connectivity index (χ4v) is 5.12. The molecule has 8 nitrogen and oxygen atoms in total. The second kappa shape index (κ2) is 7.72. The maximum atomic E-state index is 12.8. The van der Waals surface area contributed by atoms with Gasteiger partial charge in [0.1, 0.15) is 5.82 Å². The molecule has 2 aliphatic carbocycles. The van der Waals surface area contributed by atoms with Crippen LogP contribution in [-0.4, -0.2) is 38.0 Å². The number of rotatable bonds is 6. The van der Waals surface area contributed by atoms with Crippen LogP contribution in [0.2, 0.25) is 0 Å². The van der Waals surface area contributed by atoms with Crippen molar-refractivity contribution in [1.29, 1.82) is 0 Å². The van der Waals surface area contributed by atoms with E-state index < -0.39 is 0 Å². The van der Waals surface area contributed by atoms with Crippen molar-refractivity contribution in [1.82, 2.24) is 25.0 Å². The highest BCUT2D eigenvalue weighted by Gasteiger charge is 2.51. The van der Waals surface area contributed by atoms with E-state index in [1.165, 1.54) is 0 Å². The van der Waals surface area contributed by atoms with Gasteiger partial charge in [0.05, 0.1) is 24.3 Å². The van der Waals surface area contributed by atoms with Crippen molar-refractivity contribution in [3.05, 3.63) is 76.7 Å². The van der Waals surface area contributed by atoms with Crippen LogP contribution in [0.25, 0.3) is 0 Å². The number of anilines is 1. The number of aryl methyl sites for hydroxylation is 1. The SMILES string of the molecule is Nc1cc2c(cn1)CCC2NC(=O)c1cnn(Cc2ccc(CN3CC4CC4C3=O)cc2)c1. The highest BCUT2D eigenvalue weighted by Crippen LogP contribution is 2.46. The van der Waals surface area contributed by atoms with E-state index in [9.17, 15) is 9.59 Å². The number of aromatic nitrogens is 3. The predicted octanol–water partition coefficient (Wildman–Crippen LogP) is 2.30. The van der Waals surface area contributed by atoms with Crippen molar-refractivity contribution in [2.24, 2.45) is 11.8 Å². The van der Waals surface area contributed by atoms with Crippen molar-refractivity contribution in [2.45, 2.75) is 38.4 Å². The molecule has 1 aromatic carbocycles.